The number of hydrogen-bond acceptors (Lipinski definition) is 2. The van der Waals surface area contributed by atoms with E-state index < -0.39 is 5.92 Å². The topological polar surface area (TPSA) is 65.3 Å². The van der Waals surface area contributed by atoms with Gasteiger partial charge in [-0.3, -0.25) is 15.5 Å². The summed E-state index contributed by atoms with van der Waals surface area (Å²) in [5.41, 5.74) is 0. The molecule has 0 radical (unpaired) electrons. The number of aliphatic imine (C=N–C) groups is 1. The van der Waals surface area contributed by atoms with Crippen molar-refractivity contribution in [2.24, 2.45) is 10.9 Å². The molecule has 1 heterocycles. The van der Waals surface area contributed by atoms with Crippen molar-refractivity contribution in [2.45, 2.75) is 6.42 Å². The highest BCUT2D eigenvalue weighted by Gasteiger charge is 2.26. The summed E-state index contributed by atoms with van der Waals surface area (Å²) in [6, 6.07) is 0. The average Bonchev–Trinajstić information content (AvgIpc) is 1.96. The van der Waals surface area contributed by atoms with E-state index in [1.807, 2.05) is 0 Å². The molecule has 1 unspecified atom stereocenters. The Hall–Kier alpha value is -1.16. The number of halogens is 1. The predicted molar refractivity (Wildman–Crippen MR) is 47.5 cm³/mol. The summed E-state index contributed by atoms with van der Waals surface area (Å²) >= 11 is 5.65. The highest BCUT2D eigenvalue weighted by Crippen LogP contribution is 2.13. The monoisotopic (exact) mass is 185 g/mol. The number of allylic oxidation sites excluding steroid dienone is 1. The molecule has 0 saturated heterocycles. The smallest absolute Gasteiger partial charge is 0.237 e. The lowest BCUT2D eigenvalue weighted by Crippen LogP contribution is -2.41. The number of hydrogen-bond donors (Lipinski definition) is 2. The maximum Gasteiger partial charge on any atom is 0.237 e. The second-order valence-corrected chi connectivity index (χ2v) is 2.74. The Morgan fingerprint density at radius 3 is 3.00 bits per heavy atom. The lowest BCUT2D eigenvalue weighted by Gasteiger charge is -2.17. The second kappa shape index (κ2) is 3.49. The molecule has 0 aromatic carbocycles. The van der Waals surface area contributed by atoms with Crippen molar-refractivity contribution >= 4 is 28.6 Å². The van der Waals surface area contributed by atoms with Gasteiger partial charge in [0.25, 0.3) is 0 Å². The first-order valence-corrected chi connectivity index (χ1v) is 3.77. The number of rotatable bonds is 2. The van der Waals surface area contributed by atoms with Crippen LogP contribution in [0.15, 0.2) is 17.6 Å². The first-order valence-electron chi connectivity index (χ1n) is 3.39. The molecule has 0 saturated carbocycles. The third-order valence-electron chi connectivity index (χ3n) is 1.47. The quantitative estimate of drug-likeness (QED) is 0.617. The van der Waals surface area contributed by atoms with Crippen LogP contribution in [0.3, 0.4) is 0 Å². The number of nitrogens with one attached hydrogen (secondary N) is 2. The van der Waals surface area contributed by atoms with E-state index in [2.05, 4.69) is 16.9 Å². The minimum absolute atomic E-state index is 0.156. The number of amides is 1. The molecule has 5 heteroatoms. The third kappa shape index (κ3) is 1.71. The van der Waals surface area contributed by atoms with Crippen molar-refractivity contribution in [1.82, 2.24) is 5.32 Å². The number of carbonyl (C=O) groups excluding carboxylic acids is 1. The van der Waals surface area contributed by atoms with Crippen LogP contribution in [0.1, 0.15) is 6.42 Å². The standard InChI is InChI=1S/C7H8ClN3O/c1-2-3-4-5(8)10-7(9)11-6(4)12/h2,4H,1,3H2,(H2,9,11,12). The highest BCUT2D eigenvalue weighted by molar-refractivity contribution is 6.68. The molecule has 0 bridgehead atoms. The van der Waals surface area contributed by atoms with Crippen molar-refractivity contribution in [3.8, 4) is 0 Å². The van der Waals surface area contributed by atoms with E-state index in [0.717, 1.165) is 0 Å². The van der Waals surface area contributed by atoms with Crippen LogP contribution in [0.2, 0.25) is 0 Å². The zero-order valence-electron chi connectivity index (χ0n) is 6.30. The fourth-order valence-electron chi connectivity index (χ4n) is 0.896. The zero-order chi connectivity index (χ0) is 9.14. The van der Waals surface area contributed by atoms with Gasteiger partial charge < -0.3 is 0 Å². The normalized spacial score (nSPS) is 23.1. The Morgan fingerprint density at radius 2 is 2.50 bits per heavy atom. The third-order valence-corrected chi connectivity index (χ3v) is 1.81. The summed E-state index contributed by atoms with van der Waals surface area (Å²) < 4.78 is 0. The number of nitrogens with zero attached hydrogens (tertiary/aromatic N) is 1. The van der Waals surface area contributed by atoms with Gasteiger partial charge in [-0.2, -0.15) is 0 Å². The lowest BCUT2D eigenvalue weighted by atomic mass is 10.1. The Bertz CT molecular complexity index is 272. The summed E-state index contributed by atoms with van der Waals surface area (Å²) in [4.78, 5) is 14.8. The molecule has 1 aliphatic heterocycles. The van der Waals surface area contributed by atoms with Gasteiger partial charge in [-0.1, -0.05) is 17.7 Å². The second-order valence-electron chi connectivity index (χ2n) is 2.35. The Kier molecular flexibility index (Phi) is 2.60. The van der Waals surface area contributed by atoms with Crippen LogP contribution in [0, 0.1) is 11.3 Å². The Labute approximate surface area is 74.8 Å². The van der Waals surface area contributed by atoms with E-state index >= 15 is 0 Å². The highest BCUT2D eigenvalue weighted by atomic mass is 35.5. The first-order chi connectivity index (χ1) is 5.65. The maximum atomic E-state index is 11.1. The van der Waals surface area contributed by atoms with Gasteiger partial charge in [0.05, 0.1) is 5.92 Å². The van der Waals surface area contributed by atoms with E-state index in [1.54, 1.807) is 6.08 Å². The van der Waals surface area contributed by atoms with Gasteiger partial charge in [0, 0.05) is 0 Å². The molecular weight excluding hydrogens is 178 g/mol. The summed E-state index contributed by atoms with van der Waals surface area (Å²) in [6.45, 7) is 3.50. The number of carbonyl (C=O) groups is 1. The van der Waals surface area contributed by atoms with E-state index in [9.17, 15) is 4.79 Å². The number of guanidine groups is 1. The van der Waals surface area contributed by atoms with Crippen LogP contribution >= 0.6 is 11.6 Å². The molecule has 1 atom stereocenters. The Morgan fingerprint density at radius 1 is 1.83 bits per heavy atom. The molecular formula is C7H8ClN3O. The fourth-order valence-corrected chi connectivity index (χ4v) is 1.17. The van der Waals surface area contributed by atoms with Crippen molar-refractivity contribution in [3.05, 3.63) is 12.7 Å². The van der Waals surface area contributed by atoms with Crippen LogP contribution in [-0.4, -0.2) is 17.0 Å². The molecule has 1 aliphatic rings. The summed E-state index contributed by atoms with van der Waals surface area (Å²) in [6.07, 6.45) is 2.04. The van der Waals surface area contributed by atoms with Gasteiger partial charge in [0.1, 0.15) is 5.17 Å². The van der Waals surface area contributed by atoms with E-state index in [0.29, 0.717) is 6.42 Å². The van der Waals surface area contributed by atoms with Gasteiger partial charge in [0.2, 0.25) is 11.9 Å². The average molecular weight is 186 g/mol. The molecule has 0 aliphatic carbocycles. The lowest BCUT2D eigenvalue weighted by molar-refractivity contribution is -0.121. The summed E-state index contributed by atoms with van der Waals surface area (Å²) in [5, 5.41) is 9.47. The molecule has 1 rings (SSSR count). The van der Waals surface area contributed by atoms with Gasteiger partial charge in [0.15, 0.2) is 0 Å². The molecule has 1 amide bonds. The molecule has 0 aromatic heterocycles. The summed E-state index contributed by atoms with van der Waals surface area (Å²) in [7, 11) is 0. The maximum absolute atomic E-state index is 11.1. The SMILES string of the molecule is C=CCC1C(=O)NC(=N)N=C1Cl. The van der Waals surface area contributed by atoms with Crippen molar-refractivity contribution in [2.75, 3.05) is 0 Å². The zero-order valence-corrected chi connectivity index (χ0v) is 7.06. The predicted octanol–water partition coefficient (Wildman–Crippen LogP) is 0.881. The Balaban J connectivity index is 2.85. The van der Waals surface area contributed by atoms with Crippen LogP contribution in [-0.2, 0) is 4.79 Å². The van der Waals surface area contributed by atoms with Gasteiger partial charge >= 0.3 is 0 Å². The molecule has 0 aromatic rings. The molecule has 2 N–H and O–H groups in total. The largest absolute Gasteiger partial charge is 0.294 e. The summed E-state index contributed by atoms with van der Waals surface area (Å²) in [5.74, 6) is -0.969. The van der Waals surface area contributed by atoms with Crippen LogP contribution in [0.4, 0.5) is 0 Å². The fraction of sp³-hybridized carbons (Fsp3) is 0.286. The molecule has 0 fully saturated rings. The minimum Gasteiger partial charge on any atom is -0.294 e. The van der Waals surface area contributed by atoms with Crippen molar-refractivity contribution in [1.29, 1.82) is 5.41 Å². The van der Waals surface area contributed by atoms with Crippen molar-refractivity contribution in [3.63, 3.8) is 0 Å². The van der Waals surface area contributed by atoms with Gasteiger partial charge in [-0.25, -0.2) is 4.99 Å². The van der Waals surface area contributed by atoms with E-state index in [4.69, 9.17) is 17.0 Å². The van der Waals surface area contributed by atoms with Crippen LogP contribution < -0.4 is 5.32 Å². The molecule has 12 heavy (non-hydrogen) atoms. The molecule has 64 valence electrons. The van der Waals surface area contributed by atoms with E-state index in [1.165, 1.54) is 0 Å². The van der Waals surface area contributed by atoms with Gasteiger partial charge in [-0.05, 0) is 6.42 Å². The van der Waals surface area contributed by atoms with Crippen LogP contribution in [0.25, 0.3) is 0 Å². The first kappa shape index (κ1) is 8.93. The van der Waals surface area contributed by atoms with E-state index in [-0.39, 0.29) is 17.0 Å². The van der Waals surface area contributed by atoms with Crippen LogP contribution in [0.5, 0.6) is 0 Å². The minimum atomic E-state index is -0.474. The van der Waals surface area contributed by atoms with Crippen molar-refractivity contribution < 1.29 is 4.79 Å². The molecule has 0 spiro atoms. The molecule has 4 nitrogen and oxygen atoms in total. The van der Waals surface area contributed by atoms with Gasteiger partial charge in [-0.15, -0.1) is 6.58 Å².